The molecule has 0 unspecified atom stereocenters. The standard InChI is InChI=1S/C19H16N4O3S/c1-13(24)23(16-5-3-2-4-6-16)19-21-15(12-27-19)11-20-22-18(26)14-7-9-17(25)10-8-14/h2-12,25H,1H3,(H,22,26)/b20-11-. The van der Waals surface area contributed by atoms with Crippen LogP contribution in [0.4, 0.5) is 10.8 Å². The summed E-state index contributed by atoms with van der Waals surface area (Å²) in [5.41, 5.74) is 4.01. The molecule has 0 spiro atoms. The SMILES string of the molecule is CC(=O)N(c1ccccc1)c1nc(/C=N\NC(=O)c2ccc(O)cc2)cs1. The molecule has 2 N–H and O–H groups in total. The molecule has 3 rings (SSSR count). The molecule has 0 saturated carbocycles. The van der Waals surface area contributed by atoms with Crippen LogP contribution < -0.4 is 10.3 Å². The number of thiazole rings is 1. The summed E-state index contributed by atoms with van der Waals surface area (Å²) in [4.78, 5) is 29.9. The lowest BCUT2D eigenvalue weighted by atomic mass is 10.2. The van der Waals surface area contributed by atoms with Crippen molar-refractivity contribution in [1.29, 1.82) is 0 Å². The van der Waals surface area contributed by atoms with Crippen molar-refractivity contribution in [3.8, 4) is 5.75 Å². The largest absolute Gasteiger partial charge is 0.508 e. The van der Waals surface area contributed by atoms with Gasteiger partial charge in [-0.15, -0.1) is 11.3 Å². The summed E-state index contributed by atoms with van der Waals surface area (Å²) in [6.45, 7) is 1.47. The zero-order chi connectivity index (χ0) is 19.2. The lowest BCUT2D eigenvalue weighted by Gasteiger charge is -2.17. The minimum atomic E-state index is -0.406. The number of phenolic OH excluding ortho intramolecular Hbond substituents is 1. The van der Waals surface area contributed by atoms with Crippen molar-refractivity contribution in [2.75, 3.05) is 4.90 Å². The monoisotopic (exact) mass is 380 g/mol. The number of nitrogens with zero attached hydrogens (tertiary/aromatic N) is 3. The molecule has 27 heavy (non-hydrogen) atoms. The highest BCUT2D eigenvalue weighted by Gasteiger charge is 2.17. The topological polar surface area (TPSA) is 94.9 Å². The molecular formula is C19H16N4O3S. The summed E-state index contributed by atoms with van der Waals surface area (Å²) < 4.78 is 0. The maximum atomic E-state index is 12.0. The van der Waals surface area contributed by atoms with Crippen LogP contribution in [-0.4, -0.2) is 28.1 Å². The zero-order valence-electron chi connectivity index (χ0n) is 14.4. The fourth-order valence-electron chi connectivity index (χ4n) is 2.28. The van der Waals surface area contributed by atoms with E-state index in [4.69, 9.17) is 0 Å². The number of carbonyl (C=O) groups is 2. The summed E-state index contributed by atoms with van der Waals surface area (Å²) in [6.07, 6.45) is 1.40. The average Bonchev–Trinajstić information content (AvgIpc) is 3.11. The fourth-order valence-corrected chi connectivity index (χ4v) is 3.11. The van der Waals surface area contributed by atoms with Crippen molar-refractivity contribution < 1.29 is 14.7 Å². The summed E-state index contributed by atoms with van der Waals surface area (Å²) in [5, 5.41) is 15.4. The molecule has 0 bridgehead atoms. The minimum Gasteiger partial charge on any atom is -0.508 e. The van der Waals surface area contributed by atoms with Gasteiger partial charge in [0.05, 0.1) is 17.6 Å². The summed E-state index contributed by atoms with van der Waals surface area (Å²) in [5.74, 6) is -0.477. The Morgan fingerprint density at radius 1 is 1.15 bits per heavy atom. The Balaban J connectivity index is 1.69. The van der Waals surface area contributed by atoms with Gasteiger partial charge in [-0.2, -0.15) is 5.10 Å². The molecule has 8 heteroatoms. The molecule has 136 valence electrons. The molecule has 1 aromatic heterocycles. The predicted molar refractivity (Wildman–Crippen MR) is 105 cm³/mol. The number of aromatic hydroxyl groups is 1. The summed E-state index contributed by atoms with van der Waals surface area (Å²) in [6, 6.07) is 15.1. The minimum absolute atomic E-state index is 0.0819. The van der Waals surface area contributed by atoms with Gasteiger partial charge in [0, 0.05) is 17.9 Å². The number of phenols is 1. The third kappa shape index (κ3) is 4.56. The van der Waals surface area contributed by atoms with Crippen molar-refractivity contribution >= 4 is 40.2 Å². The first-order valence-electron chi connectivity index (χ1n) is 7.98. The molecular weight excluding hydrogens is 364 g/mol. The molecule has 0 aliphatic carbocycles. The van der Waals surface area contributed by atoms with E-state index in [0.717, 1.165) is 5.69 Å². The first-order valence-corrected chi connectivity index (χ1v) is 8.86. The smallest absolute Gasteiger partial charge is 0.271 e. The maximum absolute atomic E-state index is 12.0. The van der Waals surface area contributed by atoms with E-state index in [1.807, 2.05) is 30.3 Å². The lowest BCUT2D eigenvalue weighted by molar-refractivity contribution is -0.115. The second-order valence-corrected chi connectivity index (χ2v) is 6.33. The van der Waals surface area contributed by atoms with Crippen LogP contribution in [0.3, 0.4) is 0 Å². The van der Waals surface area contributed by atoms with Gasteiger partial charge in [-0.05, 0) is 36.4 Å². The molecule has 3 aromatic rings. The lowest BCUT2D eigenvalue weighted by Crippen LogP contribution is -2.22. The van der Waals surface area contributed by atoms with Gasteiger partial charge in [-0.25, -0.2) is 10.4 Å². The van der Waals surface area contributed by atoms with Gasteiger partial charge in [0.2, 0.25) is 5.91 Å². The van der Waals surface area contributed by atoms with E-state index in [1.165, 1.54) is 53.6 Å². The van der Waals surface area contributed by atoms with Crippen molar-refractivity contribution in [3.05, 3.63) is 71.2 Å². The van der Waals surface area contributed by atoms with E-state index in [2.05, 4.69) is 15.5 Å². The molecule has 0 aliphatic rings. The van der Waals surface area contributed by atoms with E-state index in [-0.39, 0.29) is 11.7 Å². The molecule has 0 radical (unpaired) electrons. The molecule has 2 aromatic carbocycles. The second kappa shape index (κ2) is 8.24. The van der Waals surface area contributed by atoms with Gasteiger partial charge in [-0.3, -0.25) is 14.5 Å². The first-order chi connectivity index (χ1) is 13.0. The number of rotatable bonds is 5. The maximum Gasteiger partial charge on any atom is 0.271 e. The Bertz CT molecular complexity index is 968. The zero-order valence-corrected chi connectivity index (χ0v) is 15.2. The van der Waals surface area contributed by atoms with Crippen molar-refractivity contribution in [3.63, 3.8) is 0 Å². The summed E-state index contributed by atoms with van der Waals surface area (Å²) >= 11 is 1.30. The van der Waals surface area contributed by atoms with Crippen molar-refractivity contribution in [2.45, 2.75) is 6.92 Å². The third-order valence-electron chi connectivity index (χ3n) is 3.52. The van der Waals surface area contributed by atoms with Crippen LogP contribution in [0.2, 0.25) is 0 Å². The highest BCUT2D eigenvalue weighted by molar-refractivity contribution is 7.14. The Morgan fingerprint density at radius 3 is 2.52 bits per heavy atom. The second-order valence-electron chi connectivity index (χ2n) is 5.49. The number of hydrogen-bond acceptors (Lipinski definition) is 6. The molecule has 0 aliphatic heterocycles. The van der Waals surface area contributed by atoms with Crippen LogP contribution in [0.25, 0.3) is 0 Å². The fraction of sp³-hybridized carbons (Fsp3) is 0.0526. The Morgan fingerprint density at radius 2 is 1.85 bits per heavy atom. The van der Waals surface area contributed by atoms with E-state index >= 15 is 0 Å². The van der Waals surface area contributed by atoms with Crippen molar-refractivity contribution in [2.24, 2.45) is 5.10 Å². The summed E-state index contributed by atoms with van der Waals surface area (Å²) in [7, 11) is 0. The molecule has 1 heterocycles. The van der Waals surface area contributed by atoms with Gasteiger partial charge in [-0.1, -0.05) is 18.2 Å². The van der Waals surface area contributed by atoms with Crippen LogP contribution in [0, 0.1) is 0 Å². The number of benzene rings is 2. The van der Waals surface area contributed by atoms with Crippen LogP contribution in [0.5, 0.6) is 5.75 Å². The van der Waals surface area contributed by atoms with Crippen LogP contribution in [0.1, 0.15) is 23.0 Å². The number of amides is 2. The molecule has 0 fully saturated rings. The van der Waals surface area contributed by atoms with Crippen LogP contribution in [-0.2, 0) is 4.79 Å². The van der Waals surface area contributed by atoms with E-state index in [1.54, 1.807) is 5.38 Å². The van der Waals surface area contributed by atoms with Gasteiger partial charge in [0.1, 0.15) is 5.75 Å². The van der Waals surface area contributed by atoms with Crippen molar-refractivity contribution in [1.82, 2.24) is 10.4 Å². The Labute approximate surface area is 159 Å². The first kappa shape index (κ1) is 18.3. The van der Waals surface area contributed by atoms with E-state index in [9.17, 15) is 14.7 Å². The van der Waals surface area contributed by atoms with Crippen LogP contribution in [0.15, 0.2) is 65.1 Å². The Kier molecular flexibility index (Phi) is 5.58. The number of aromatic nitrogens is 1. The number of nitrogens with one attached hydrogen (secondary N) is 1. The number of hydrogen-bond donors (Lipinski definition) is 2. The van der Waals surface area contributed by atoms with Crippen LogP contribution >= 0.6 is 11.3 Å². The normalized spacial score (nSPS) is 10.7. The number of carbonyl (C=O) groups excluding carboxylic acids is 2. The van der Waals surface area contributed by atoms with Gasteiger partial charge < -0.3 is 5.11 Å². The predicted octanol–water partition coefficient (Wildman–Crippen LogP) is 3.30. The Hall–Kier alpha value is -3.52. The van der Waals surface area contributed by atoms with Gasteiger partial charge in [0.15, 0.2) is 5.13 Å². The number of anilines is 2. The highest BCUT2D eigenvalue weighted by Crippen LogP contribution is 2.28. The van der Waals surface area contributed by atoms with E-state index in [0.29, 0.717) is 16.4 Å². The average molecular weight is 380 g/mol. The molecule has 0 atom stereocenters. The molecule has 0 saturated heterocycles. The third-order valence-corrected chi connectivity index (χ3v) is 4.37. The number of hydrazone groups is 1. The van der Waals surface area contributed by atoms with Gasteiger partial charge in [0.25, 0.3) is 5.91 Å². The molecule has 7 nitrogen and oxygen atoms in total. The number of para-hydroxylation sites is 1. The van der Waals surface area contributed by atoms with Gasteiger partial charge >= 0.3 is 0 Å². The van der Waals surface area contributed by atoms with E-state index < -0.39 is 5.91 Å². The quantitative estimate of drug-likeness (QED) is 0.524. The highest BCUT2D eigenvalue weighted by atomic mass is 32.1. The molecule has 2 amide bonds.